The molecule has 0 aliphatic carbocycles. The summed E-state index contributed by atoms with van der Waals surface area (Å²) in [6.45, 7) is 0.951. The number of carbonyl (C=O) groups excluding carboxylic acids is 1. The van der Waals surface area contributed by atoms with Gasteiger partial charge in [0.25, 0.3) is 5.91 Å². The first-order valence-electron chi connectivity index (χ1n) is 6.02. The van der Waals surface area contributed by atoms with Crippen molar-refractivity contribution in [3.05, 3.63) is 52.8 Å². The van der Waals surface area contributed by atoms with E-state index in [1.165, 1.54) is 11.8 Å². The maximum Gasteiger partial charge on any atom is 0.255 e. The predicted molar refractivity (Wildman–Crippen MR) is 83.1 cm³/mol. The van der Waals surface area contributed by atoms with Gasteiger partial charge in [-0.25, -0.2) is 4.98 Å². The summed E-state index contributed by atoms with van der Waals surface area (Å²) in [5.74, 6) is -0.185. The van der Waals surface area contributed by atoms with Gasteiger partial charge in [0.1, 0.15) is 5.15 Å². The molecule has 2 heterocycles. The average molecular weight is 310 g/mol. The van der Waals surface area contributed by atoms with Crippen LogP contribution in [0, 0.1) is 0 Å². The van der Waals surface area contributed by atoms with Crippen molar-refractivity contribution in [3.63, 3.8) is 0 Å². The molecule has 1 aliphatic heterocycles. The number of amides is 1. The first kappa shape index (κ1) is 14.6. The zero-order valence-electron chi connectivity index (χ0n) is 10.5. The Morgan fingerprint density at radius 2 is 2.15 bits per heavy atom. The van der Waals surface area contributed by atoms with E-state index in [0.717, 1.165) is 24.3 Å². The number of nitrogens with zero attached hydrogens (tertiary/aromatic N) is 1. The van der Waals surface area contributed by atoms with E-state index in [0.29, 0.717) is 10.7 Å². The third kappa shape index (κ3) is 3.03. The Kier molecular flexibility index (Phi) is 4.47. The van der Waals surface area contributed by atoms with E-state index in [1.54, 1.807) is 12.1 Å². The quantitative estimate of drug-likeness (QED) is 0.836. The van der Waals surface area contributed by atoms with Gasteiger partial charge in [-0.05, 0) is 42.3 Å². The van der Waals surface area contributed by atoms with Crippen molar-refractivity contribution in [1.82, 2.24) is 4.98 Å². The highest BCUT2D eigenvalue weighted by Crippen LogP contribution is 2.25. The Hall–Kier alpha value is -1.78. The van der Waals surface area contributed by atoms with Crippen molar-refractivity contribution in [3.8, 4) is 0 Å². The molecule has 2 aromatic rings. The lowest BCUT2D eigenvalue weighted by atomic mass is 10.1. The van der Waals surface area contributed by atoms with Crippen LogP contribution in [0.15, 0.2) is 36.5 Å². The summed E-state index contributed by atoms with van der Waals surface area (Å²) in [5, 5.41) is 6.45. The van der Waals surface area contributed by atoms with Gasteiger partial charge in [-0.1, -0.05) is 11.6 Å². The third-order valence-corrected chi connectivity index (χ3v) is 3.27. The van der Waals surface area contributed by atoms with Gasteiger partial charge in [-0.2, -0.15) is 0 Å². The van der Waals surface area contributed by atoms with Gasteiger partial charge in [0.2, 0.25) is 0 Å². The minimum atomic E-state index is -0.185. The molecule has 0 fully saturated rings. The van der Waals surface area contributed by atoms with Gasteiger partial charge in [0, 0.05) is 29.7 Å². The van der Waals surface area contributed by atoms with Crippen LogP contribution in [0.5, 0.6) is 0 Å². The van der Waals surface area contributed by atoms with E-state index in [9.17, 15) is 4.79 Å². The van der Waals surface area contributed by atoms with Crippen LogP contribution in [0.1, 0.15) is 15.9 Å². The van der Waals surface area contributed by atoms with Crippen LogP contribution >= 0.6 is 24.0 Å². The second-order valence-electron chi connectivity index (χ2n) is 4.37. The number of halogens is 2. The van der Waals surface area contributed by atoms with Crippen LogP contribution in [0.2, 0.25) is 5.15 Å². The molecule has 1 amide bonds. The van der Waals surface area contributed by atoms with Crippen LogP contribution in [0.4, 0.5) is 11.4 Å². The molecule has 1 aromatic heterocycles. The molecular weight excluding hydrogens is 297 g/mol. The zero-order chi connectivity index (χ0) is 13.2. The SMILES string of the molecule is Cl.O=C(Nc1ccc2c(c1)CCN2)c1ccnc(Cl)c1. The van der Waals surface area contributed by atoms with Gasteiger partial charge in [-0.3, -0.25) is 4.79 Å². The Balaban J connectivity index is 0.00000147. The first-order chi connectivity index (χ1) is 9.22. The number of pyridine rings is 1. The van der Waals surface area contributed by atoms with Crippen molar-refractivity contribution < 1.29 is 4.79 Å². The normalized spacial score (nSPS) is 12.1. The van der Waals surface area contributed by atoms with E-state index in [1.807, 2.05) is 18.2 Å². The van der Waals surface area contributed by atoms with Gasteiger partial charge >= 0.3 is 0 Å². The molecule has 0 atom stereocenters. The predicted octanol–water partition coefficient (Wildman–Crippen LogP) is 3.38. The highest BCUT2D eigenvalue weighted by atomic mass is 35.5. The topological polar surface area (TPSA) is 54.0 Å². The van der Waals surface area contributed by atoms with Gasteiger partial charge in [-0.15, -0.1) is 12.4 Å². The molecule has 0 saturated heterocycles. The maximum absolute atomic E-state index is 12.1. The van der Waals surface area contributed by atoms with E-state index in [-0.39, 0.29) is 18.3 Å². The van der Waals surface area contributed by atoms with Crippen LogP contribution in [0.25, 0.3) is 0 Å². The number of benzene rings is 1. The number of carbonyl (C=O) groups is 1. The summed E-state index contributed by atoms with van der Waals surface area (Å²) >= 11 is 5.77. The molecule has 20 heavy (non-hydrogen) atoms. The van der Waals surface area contributed by atoms with Crippen molar-refractivity contribution in [2.24, 2.45) is 0 Å². The average Bonchev–Trinajstić information content (AvgIpc) is 2.86. The molecule has 0 spiro atoms. The lowest BCUT2D eigenvalue weighted by molar-refractivity contribution is 0.102. The summed E-state index contributed by atoms with van der Waals surface area (Å²) < 4.78 is 0. The molecule has 1 aromatic carbocycles. The van der Waals surface area contributed by atoms with Crippen LogP contribution in [-0.2, 0) is 6.42 Å². The van der Waals surface area contributed by atoms with Crippen molar-refractivity contribution in [2.45, 2.75) is 6.42 Å². The lowest BCUT2D eigenvalue weighted by Gasteiger charge is -2.07. The smallest absolute Gasteiger partial charge is 0.255 e. The van der Waals surface area contributed by atoms with Crippen LogP contribution in [0.3, 0.4) is 0 Å². The molecule has 0 radical (unpaired) electrons. The molecule has 104 valence electrons. The fourth-order valence-corrected chi connectivity index (χ4v) is 2.30. The Labute approximate surface area is 128 Å². The summed E-state index contributed by atoms with van der Waals surface area (Å²) in [4.78, 5) is 15.9. The Morgan fingerprint density at radius 3 is 2.95 bits per heavy atom. The molecule has 0 saturated carbocycles. The van der Waals surface area contributed by atoms with Crippen molar-refractivity contribution in [2.75, 3.05) is 17.2 Å². The lowest BCUT2D eigenvalue weighted by Crippen LogP contribution is -2.12. The highest BCUT2D eigenvalue weighted by Gasteiger charge is 2.12. The number of hydrogen-bond donors (Lipinski definition) is 2. The highest BCUT2D eigenvalue weighted by molar-refractivity contribution is 6.29. The number of hydrogen-bond acceptors (Lipinski definition) is 3. The maximum atomic E-state index is 12.1. The standard InChI is InChI=1S/C14H12ClN3O.ClH/c15-13-8-10(4-6-17-13)14(19)18-11-1-2-12-9(7-11)3-5-16-12;/h1-2,4,6-8,16H,3,5H2,(H,18,19);1H. The molecule has 0 unspecified atom stereocenters. The number of rotatable bonds is 2. The van der Waals surface area contributed by atoms with Gasteiger partial charge in [0.15, 0.2) is 0 Å². The van der Waals surface area contributed by atoms with E-state index in [4.69, 9.17) is 11.6 Å². The minimum absolute atomic E-state index is 0. The largest absolute Gasteiger partial charge is 0.384 e. The van der Waals surface area contributed by atoms with Crippen molar-refractivity contribution in [1.29, 1.82) is 0 Å². The summed E-state index contributed by atoms with van der Waals surface area (Å²) in [7, 11) is 0. The molecular formula is C14H13Cl2N3O. The van der Waals surface area contributed by atoms with Crippen molar-refractivity contribution >= 4 is 41.3 Å². The third-order valence-electron chi connectivity index (χ3n) is 3.06. The van der Waals surface area contributed by atoms with E-state index < -0.39 is 0 Å². The Morgan fingerprint density at radius 1 is 1.30 bits per heavy atom. The number of nitrogens with one attached hydrogen (secondary N) is 2. The summed E-state index contributed by atoms with van der Waals surface area (Å²) in [6.07, 6.45) is 2.50. The molecule has 0 bridgehead atoms. The second-order valence-corrected chi connectivity index (χ2v) is 4.76. The molecule has 4 nitrogen and oxygen atoms in total. The number of aromatic nitrogens is 1. The molecule has 1 aliphatic rings. The number of anilines is 2. The van der Waals surface area contributed by atoms with Crippen LogP contribution in [-0.4, -0.2) is 17.4 Å². The number of fused-ring (bicyclic) bond motifs is 1. The molecule has 6 heteroatoms. The van der Waals surface area contributed by atoms with Gasteiger partial charge < -0.3 is 10.6 Å². The Bertz CT molecular complexity index is 646. The molecule has 3 rings (SSSR count). The van der Waals surface area contributed by atoms with Gasteiger partial charge in [0.05, 0.1) is 0 Å². The summed E-state index contributed by atoms with van der Waals surface area (Å²) in [6, 6.07) is 9.05. The van der Waals surface area contributed by atoms with Crippen LogP contribution < -0.4 is 10.6 Å². The first-order valence-corrected chi connectivity index (χ1v) is 6.40. The van der Waals surface area contributed by atoms with E-state index >= 15 is 0 Å². The summed E-state index contributed by atoms with van der Waals surface area (Å²) in [5.41, 5.74) is 3.66. The minimum Gasteiger partial charge on any atom is -0.384 e. The fraction of sp³-hybridized carbons (Fsp3) is 0.143. The second kappa shape index (κ2) is 6.11. The zero-order valence-corrected chi connectivity index (χ0v) is 12.1. The monoisotopic (exact) mass is 309 g/mol. The van der Waals surface area contributed by atoms with E-state index in [2.05, 4.69) is 15.6 Å². The fourth-order valence-electron chi connectivity index (χ4n) is 2.13. The molecule has 2 N–H and O–H groups in total.